The molecule has 0 saturated carbocycles. The second-order valence-corrected chi connectivity index (χ2v) is 7.39. The van der Waals surface area contributed by atoms with E-state index in [2.05, 4.69) is 5.32 Å². The number of ether oxygens (including phenoxy) is 2. The number of benzene rings is 2. The van der Waals surface area contributed by atoms with E-state index in [0.717, 1.165) is 17.7 Å². The van der Waals surface area contributed by atoms with E-state index in [1.54, 1.807) is 35.2 Å². The Morgan fingerprint density at radius 3 is 2.47 bits per heavy atom. The van der Waals surface area contributed by atoms with Gasteiger partial charge in [0.25, 0.3) is 5.91 Å². The Morgan fingerprint density at radius 1 is 1.07 bits per heavy atom. The van der Waals surface area contributed by atoms with Crippen LogP contribution in [0.5, 0.6) is 5.75 Å². The summed E-state index contributed by atoms with van der Waals surface area (Å²) in [5, 5.41) is 2.66. The number of amides is 2. The Labute approximate surface area is 176 Å². The molecule has 0 radical (unpaired) electrons. The Morgan fingerprint density at radius 2 is 1.80 bits per heavy atom. The highest BCUT2D eigenvalue weighted by Gasteiger charge is 2.21. The van der Waals surface area contributed by atoms with Crippen LogP contribution in [0.25, 0.3) is 0 Å². The van der Waals surface area contributed by atoms with Crippen LogP contribution in [0.4, 0.5) is 11.4 Å². The second kappa shape index (κ2) is 9.91. The summed E-state index contributed by atoms with van der Waals surface area (Å²) >= 11 is 0. The lowest BCUT2D eigenvalue weighted by molar-refractivity contribution is -0.149. The van der Waals surface area contributed by atoms with Gasteiger partial charge in [0, 0.05) is 24.3 Å². The van der Waals surface area contributed by atoms with Gasteiger partial charge in [-0.2, -0.15) is 0 Å². The van der Waals surface area contributed by atoms with Gasteiger partial charge in [-0.25, -0.2) is 4.79 Å². The molecule has 1 fully saturated rings. The Balaban J connectivity index is 1.43. The van der Waals surface area contributed by atoms with Gasteiger partial charge in [-0.15, -0.1) is 0 Å². The number of hydrogen-bond acceptors (Lipinski definition) is 5. The molecular weight excluding hydrogens is 384 g/mol. The van der Waals surface area contributed by atoms with Crippen LogP contribution in [0.3, 0.4) is 0 Å². The number of hydrogen-bond donors (Lipinski definition) is 1. The lowest BCUT2D eigenvalue weighted by Gasteiger charge is -2.16. The zero-order valence-corrected chi connectivity index (χ0v) is 17.2. The number of carbonyl (C=O) groups excluding carboxylic acids is 3. The van der Waals surface area contributed by atoms with Crippen molar-refractivity contribution in [1.82, 2.24) is 0 Å². The summed E-state index contributed by atoms with van der Waals surface area (Å²) in [6.45, 7) is 4.13. The van der Waals surface area contributed by atoms with Crippen molar-refractivity contribution in [2.75, 3.05) is 30.0 Å². The highest BCUT2D eigenvalue weighted by molar-refractivity contribution is 5.96. The van der Waals surface area contributed by atoms with E-state index >= 15 is 0 Å². The molecule has 0 aliphatic carbocycles. The summed E-state index contributed by atoms with van der Waals surface area (Å²) in [6.07, 6.45) is 1.42. The third kappa shape index (κ3) is 5.59. The molecule has 1 heterocycles. The highest BCUT2D eigenvalue weighted by Crippen LogP contribution is 2.26. The Bertz CT molecular complexity index is 908. The third-order valence-electron chi connectivity index (χ3n) is 4.79. The number of nitrogens with one attached hydrogen (secondary N) is 1. The van der Waals surface area contributed by atoms with E-state index < -0.39 is 18.5 Å². The molecule has 0 spiro atoms. The first-order valence-corrected chi connectivity index (χ1v) is 10.0. The number of rotatable bonds is 8. The van der Waals surface area contributed by atoms with Gasteiger partial charge in [0.1, 0.15) is 5.75 Å². The molecule has 7 heteroatoms. The predicted octanol–water partition coefficient (Wildman–Crippen LogP) is 3.50. The van der Waals surface area contributed by atoms with Crippen molar-refractivity contribution < 1.29 is 23.9 Å². The maximum absolute atomic E-state index is 12.0. The van der Waals surface area contributed by atoms with Crippen molar-refractivity contribution in [2.24, 2.45) is 0 Å². The van der Waals surface area contributed by atoms with Crippen LogP contribution >= 0.6 is 0 Å². The summed E-state index contributed by atoms with van der Waals surface area (Å²) in [6, 6.07) is 14.5. The lowest BCUT2D eigenvalue weighted by Crippen LogP contribution is -2.24. The topological polar surface area (TPSA) is 84.9 Å². The zero-order valence-electron chi connectivity index (χ0n) is 17.2. The highest BCUT2D eigenvalue weighted by atomic mass is 16.6. The second-order valence-electron chi connectivity index (χ2n) is 7.39. The number of para-hydroxylation sites is 1. The minimum Gasteiger partial charge on any atom is -0.482 e. The molecule has 0 atom stereocenters. The number of anilines is 2. The normalized spacial score (nSPS) is 13.4. The number of esters is 1. The van der Waals surface area contributed by atoms with Gasteiger partial charge >= 0.3 is 5.97 Å². The van der Waals surface area contributed by atoms with Crippen molar-refractivity contribution in [3.05, 3.63) is 54.1 Å². The first-order chi connectivity index (χ1) is 14.4. The summed E-state index contributed by atoms with van der Waals surface area (Å²) in [4.78, 5) is 37.5. The minimum absolute atomic E-state index is 0.108. The quantitative estimate of drug-likeness (QED) is 0.674. The van der Waals surface area contributed by atoms with Crippen LogP contribution in [-0.4, -0.2) is 37.5 Å². The third-order valence-corrected chi connectivity index (χ3v) is 4.79. The van der Waals surface area contributed by atoms with Crippen molar-refractivity contribution >= 4 is 29.2 Å². The molecule has 30 heavy (non-hydrogen) atoms. The van der Waals surface area contributed by atoms with E-state index in [1.807, 2.05) is 32.0 Å². The minimum atomic E-state index is -0.619. The van der Waals surface area contributed by atoms with E-state index in [9.17, 15) is 14.4 Å². The first-order valence-electron chi connectivity index (χ1n) is 10.0. The van der Waals surface area contributed by atoms with Crippen molar-refractivity contribution in [1.29, 1.82) is 0 Å². The van der Waals surface area contributed by atoms with Gasteiger partial charge in [0.2, 0.25) is 5.91 Å². The zero-order chi connectivity index (χ0) is 21.5. The lowest BCUT2D eigenvalue weighted by atomic mass is 10.0. The molecule has 0 unspecified atom stereocenters. The van der Waals surface area contributed by atoms with Gasteiger partial charge in [-0.05, 0) is 48.2 Å². The largest absolute Gasteiger partial charge is 0.482 e. The molecule has 0 bridgehead atoms. The molecule has 1 N–H and O–H groups in total. The average Bonchev–Trinajstić information content (AvgIpc) is 3.17. The average molecular weight is 410 g/mol. The summed E-state index contributed by atoms with van der Waals surface area (Å²) < 4.78 is 10.5. The van der Waals surface area contributed by atoms with Crippen LogP contribution in [0.15, 0.2) is 48.5 Å². The van der Waals surface area contributed by atoms with Gasteiger partial charge < -0.3 is 19.7 Å². The number of carbonyl (C=O) groups is 3. The molecule has 1 aliphatic rings. The van der Waals surface area contributed by atoms with Crippen LogP contribution < -0.4 is 15.0 Å². The maximum Gasteiger partial charge on any atom is 0.344 e. The molecule has 3 rings (SSSR count). The van der Waals surface area contributed by atoms with Crippen LogP contribution in [0.2, 0.25) is 0 Å². The fourth-order valence-electron chi connectivity index (χ4n) is 3.26. The van der Waals surface area contributed by atoms with Gasteiger partial charge in [-0.3, -0.25) is 9.59 Å². The maximum atomic E-state index is 12.0. The molecule has 2 aromatic rings. The van der Waals surface area contributed by atoms with Crippen molar-refractivity contribution in [3.8, 4) is 5.75 Å². The molecule has 7 nitrogen and oxygen atoms in total. The van der Waals surface area contributed by atoms with E-state index in [1.165, 1.54) is 0 Å². The van der Waals surface area contributed by atoms with Gasteiger partial charge in [-0.1, -0.05) is 32.0 Å². The molecule has 1 aliphatic heterocycles. The SMILES string of the molecule is CC(C)c1ccccc1OCC(=O)OCC(=O)Nc1ccc(N2CCCC2=O)cc1. The molecule has 2 aromatic carbocycles. The fourth-order valence-corrected chi connectivity index (χ4v) is 3.26. The van der Waals surface area contributed by atoms with Crippen LogP contribution in [0.1, 0.15) is 38.2 Å². The van der Waals surface area contributed by atoms with Crippen molar-refractivity contribution in [2.45, 2.75) is 32.6 Å². The molecular formula is C23H26N2O5. The molecule has 1 saturated heterocycles. The Kier molecular flexibility index (Phi) is 7.06. The van der Waals surface area contributed by atoms with E-state index in [0.29, 0.717) is 24.4 Å². The predicted molar refractivity (Wildman–Crippen MR) is 114 cm³/mol. The Hall–Kier alpha value is -3.35. The standard InChI is InChI=1S/C23H26N2O5/c1-16(2)19-6-3-4-7-20(19)29-15-23(28)30-14-21(26)24-17-9-11-18(12-10-17)25-13-5-8-22(25)27/h3-4,6-7,9-12,16H,5,8,13-15H2,1-2H3,(H,24,26). The first kappa shape index (κ1) is 21.4. The molecule has 2 amide bonds. The monoisotopic (exact) mass is 410 g/mol. The summed E-state index contributed by atoms with van der Waals surface area (Å²) in [5.41, 5.74) is 2.37. The van der Waals surface area contributed by atoms with E-state index in [-0.39, 0.29) is 18.4 Å². The van der Waals surface area contributed by atoms with Crippen molar-refractivity contribution in [3.63, 3.8) is 0 Å². The molecule has 158 valence electrons. The van der Waals surface area contributed by atoms with Gasteiger partial charge in [0.05, 0.1) is 0 Å². The van der Waals surface area contributed by atoms with E-state index in [4.69, 9.17) is 9.47 Å². The summed E-state index contributed by atoms with van der Waals surface area (Å²) in [7, 11) is 0. The molecule has 0 aromatic heterocycles. The smallest absolute Gasteiger partial charge is 0.344 e. The fraction of sp³-hybridized carbons (Fsp3) is 0.348. The summed E-state index contributed by atoms with van der Waals surface area (Å²) in [5.74, 6) is -0.0667. The van der Waals surface area contributed by atoms with Crippen LogP contribution in [0, 0.1) is 0 Å². The van der Waals surface area contributed by atoms with Gasteiger partial charge in [0.15, 0.2) is 13.2 Å². The number of nitrogens with zero attached hydrogens (tertiary/aromatic N) is 1. The van der Waals surface area contributed by atoms with Crippen LogP contribution in [-0.2, 0) is 19.1 Å².